The van der Waals surface area contributed by atoms with Crippen molar-refractivity contribution >= 4 is 46.4 Å². The van der Waals surface area contributed by atoms with Gasteiger partial charge in [0.15, 0.2) is 0 Å². The van der Waals surface area contributed by atoms with Crippen LogP contribution in [0, 0.1) is 13.8 Å². The summed E-state index contributed by atoms with van der Waals surface area (Å²) in [5.74, 6) is 0. The topological polar surface area (TPSA) is 54.0 Å². The number of hydrogen-bond donors (Lipinski definition) is 0. The quantitative estimate of drug-likeness (QED) is 0.130. The number of aromatic nitrogens is 4. The van der Waals surface area contributed by atoms with Gasteiger partial charge in [0.1, 0.15) is 0 Å². The van der Waals surface area contributed by atoms with E-state index in [0.717, 1.165) is 79.9 Å². The van der Waals surface area contributed by atoms with E-state index < -0.39 is 0 Å². The summed E-state index contributed by atoms with van der Waals surface area (Å²) >= 11 is 0. The Bertz CT molecular complexity index is 1920. The van der Waals surface area contributed by atoms with Crippen molar-refractivity contribution in [3.05, 3.63) is 118 Å². The van der Waals surface area contributed by atoms with Gasteiger partial charge in [-0.05, 0) is 79.3 Å². The maximum absolute atomic E-state index is 5.28. The van der Waals surface area contributed by atoms with E-state index >= 15 is 0 Å². The van der Waals surface area contributed by atoms with E-state index in [1.54, 1.807) is 0 Å². The number of benzene rings is 2. The Kier molecular flexibility index (Phi) is 9.00. The molecule has 45 heavy (non-hydrogen) atoms. The predicted octanol–water partition coefficient (Wildman–Crippen LogP) is 9.98. The van der Waals surface area contributed by atoms with Crippen LogP contribution in [0.15, 0.2) is 78.9 Å². The van der Waals surface area contributed by atoms with Crippen LogP contribution in [0.1, 0.15) is 72.1 Å². The molecule has 4 nitrogen and oxygen atoms in total. The van der Waals surface area contributed by atoms with Crippen molar-refractivity contribution in [2.75, 3.05) is 0 Å². The number of hydrogen-bond acceptors (Lipinski definition) is 2. The Morgan fingerprint density at radius 3 is 1.47 bits per heavy atom. The monoisotopic (exact) mass is 630 g/mol. The second-order valence-electron chi connectivity index (χ2n) is 11.9. The Morgan fingerprint density at radius 1 is 0.533 bits per heavy atom. The number of unbranched alkanes of at least 4 members (excludes halogenated alkanes) is 3. The molecule has 0 fully saturated rings. The number of fused-ring (bicyclic) bond motifs is 8. The van der Waals surface area contributed by atoms with E-state index in [2.05, 4.69) is 118 Å². The van der Waals surface area contributed by atoms with E-state index in [1.807, 2.05) is 6.07 Å². The molecule has 0 saturated heterocycles. The summed E-state index contributed by atoms with van der Waals surface area (Å²) in [5.41, 5.74) is 15.3. The summed E-state index contributed by atoms with van der Waals surface area (Å²) in [6.45, 7) is 6.48. The van der Waals surface area contributed by atoms with E-state index in [-0.39, 0.29) is 16.5 Å². The normalized spacial score (nSPS) is 12.0. The van der Waals surface area contributed by atoms with Crippen molar-refractivity contribution in [1.29, 1.82) is 0 Å². The molecule has 0 atom stereocenters. The third kappa shape index (κ3) is 6.37. The molecule has 0 amide bonds. The molecule has 0 spiro atoms. The molecule has 0 aliphatic carbocycles. The summed E-state index contributed by atoms with van der Waals surface area (Å²) in [6.07, 6.45) is 14.0. The minimum Gasteiger partial charge on any atom is -0.657 e. The van der Waals surface area contributed by atoms with Gasteiger partial charge in [0.25, 0.3) is 0 Å². The van der Waals surface area contributed by atoms with Crippen LogP contribution in [0.3, 0.4) is 0 Å². The minimum absolute atomic E-state index is 0. The van der Waals surface area contributed by atoms with Crippen molar-refractivity contribution in [2.24, 2.45) is 0 Å². The molecule has 2 aliphatic rings. The summed E-state index contributed by atoms with van der Waals surface area (Å²) in [5, 5.41) is 0. The molecule has 0 N–H and O–H groups in total. The molecule has 0 unspecified atom stereocenters. The fourth-order valence-corrected chi connectivity index (χ4v) is 6.10. The summed E-state index contributed by atoms with van der Waals surface area (Å²) in [6, 6.07) is 28.0. The first-order valence-corrected chi connectivity index (χ1v) is 15.7. The summed E-state index contributed by atoms with van der Waals surface area (Å²) < 4.78 is 0. The second-order valence-corrected chi connectivity index (χ2v) is 11.9. The predicted molar refractivity (Wildman–Crippen MR) is 185 cm³/mol. The Labute approximate surface area is 275 Å². The molecule has 2 aromatic carbocycles. The maximum atomic E-state index is 5.28. The van der Waals surface area contributed by atoms with Crippen LogP contribution in [0.25, 0.3) is 68.6 Å². The molecular formula is C40H36N4Ni. The fourth-order valence-electron chi connectivity index (χ4n) is 6.10. The van der Waals surface area contributed by atoms with Gasteiger partial charge in [-0.2, -0.15) is 0 Å². The molecule has 7 rings (SSSR count). The van der Waals surface area contributed by atoms with Crippen molar-refractivity contribution < 1.29 is 16.5 Å². The molecule has 5 heterocycles. The molecule has 3 aromatic heterocycles. The van der Waals surface area contributed by atoms with Crippen LogP contribution in [0.5, 0.6) is 0 Å². The van der Waals surface area contributed by atoms with E-state index in [0.29, 0.717) is 0 Å². The first kappa shape index (κ1) is 30.6. The van der Waals surface area contributed by atoms with Crippen LogP contribution in [0.4, 0.5) is 0 Å². The van der Waals surface area contributed by atoms with E-state index in [1.165, 1.54) is 36.0 Å². The van der Waals surface area contributed by atoms with Gasteiger partial charge in [-0.1, -0.05) is 116 Å². The Morgan fingerprint density at radius 2 is 1.00 bits per heavy atom. The van der Waals surface area contributed by atoms with E-state index in [4.69, 9.17) is 19.9 Å². The van der Waals surface area contributed by atoms with Gasteiger partial charge < -0.3 is 9.97 Å². The molecule has 226 valence electrons. The zero-order chi connectivity index (χ0) is 30.0. The van der Waals surface area contributed by atoms with Crippen LogP contribution >= 0.6 is 0 Å². The molecule has 0 radical (unpaired) electrons. The minimum atomic E-state index is 0. The first-order valence-electron chi connectivity index (χ1n) is 15.7. The van der Waals surface area contributed by atoms with Gasteiger partial charge in [-0.25, -0.2) is 9.97 Å². The number of aryl methyl sites for hydroxylation is 3. The van der Waals surface area contributed by atoms with Crippen LogP contribution < -0.4 is 9.97 Å². The van der Waals surface area contributed by atoms with Crippen molar-refractivity contribution in [3.8, 4) is 22.3 Å². The average molecular weight is 631 g/mol. The van der Waals surface area contributed by atoms with Gasteiger partial charge in [0.05, 0.1) is 22.8 Å². The second kappa shape index (κ2) is 13.3. The third-order valence-corrected chi connectivity index (χ3v) is 8.50. The standard InChI is InChI=1S/C40H36N4.Ni/c1-4-5-6-7-8-32-33-21-23-37(43-33)39(28-13-9-26(2)10-14-28)35-19-17-30(41-35)25-31-18-20-36(42-31)40(38-24-22-34(32)44-38)29-15-11-27(3)12-16-29;/h9-25H,4-8H2,1-3H3;/q-2;+2. The van der Waals surface area contributed by atoms with Gasteiger partial charge in [0.2, 0.25) is 0 Å². The van der Waals surface area contributed by atoms with Crippen LogP contribution in [0.2, 0.25) is 0 Å². The zero-order valence-electron chi connectivity index (χ0n) is 26.0. The van der Waals surface area contributed by atoms with Crippen LogP contribution in [-0.2, 0) is 22.9 Å². The molecule has 5 aromatic rings. The van der Waals surface area contributed by atoms with Gasteiger partial charge in [0, 0.05) is 0 Å². The van der Waals surface area contributed by atoms with Gasteiger partial charge in [-0.15, -0.1) is 22.1 Å². The Hall–Kier alpha value is -4.47. The number of nitrogens with zero attached hydrogens (tertiary/aromatic N) is 4. The largest absolute Gasteiger partial charge is 2.00 e. The smallest absolute Gasteiger partial charge is 0.657 e. The van der Waals surface area contributed by atoms with Crippen LogP contribution in [-0.4, -0.2) is 9.97 Å². The van der Waals surface area contributed by atoms with Crippen molar-refractivity contribution in [2.45, 2.75) is 52.9 Å². The average Bonchev–Trinajstić information content (AvgIpc) is 3.85. The summed E-state index contributed by atoms with van der Waals surface area (Å²) in [4.78, 5) is 20.7. The van der Waals surface area contributed by atoms with Gasteiger partial charge >= 0.3 is 16.5 Å². The molecular weight excluding hydrogens is 595 g/mol. The molecule has 2 aliphatic heterocycles. The molecule has 5 heteroatoms. The maximum Gasteiger partial charge on any atom is 2.00 e. The molecule has 8 bridgehead atoms. The summed E-state index contributed by atoms with van der Waals surface area (Å²) in [7, 11) is 0. The molecule has 0 saturated carbocycles. The fraction of sp³-hybridized carbons (Fsp3) is 0.200. The Balaban J connectivity index is 0.00000357. The third-order valence-electron chi connectivity index (χ3n) is 8.50. The first-order chi connectivity index (χ1) is 21.6. The van der Waals surface area contributed by atoms with Crippen molar-refractivity contribution in [3.63, 3.8) is 0 Å². The SMILES string of the molecule is CCCCCCc1c2ccc([n-]2)c(-c2ccc(C)cc2)c2nc(cc3nc(c(-c4ccc(C)cc4)c4ccc1[n-]4)C=C3)C=C2.[Ni+2]. The van der Waals surface area contributed by atoms with Crippen molar-refractivity contribution in [1.82, 2.24) is 19.9 Å². The van der Waals surface area contributed by atoms with E-state index in [9.17, 15) is 0 Å². The van der Waals surface area contributed by atoms with Gasteiger partial charge in [-0.3, -0.25) is 0 Å². The number of rotatable bonds is 7. The zero-order valence-corrected chi connectivity index (χ0v) is 26.9.